The van der Waals surface area contributed by atoms with E-state index < -0.39 is 45.9 Å². The molecule has 0 aliphatic carbocycles. The van der Waals surface area contributed by atoms with Crippen LogP contribution in [0.5, 0.6) is 0 Å². The highest BCUT2D eigenvalue weighted by atomic mass is 35.5. The van der Waals surface area contributed by atoms with Gasteiger partial charge in [-0.15, -0.1) is 23.7 Å². The quantitative estimate of drug-likeness (QED) is 0.768. The molecule has 1 aliphatic heterocycles. The van der Waals surface area contributed by atoms with Crippen molar-refractivity contribution in [1.82, 2.24) is 0 Å². The normalized spacial score (nSPS) is 35.5. The van der Waals surface area contributed by atoms with Gasteiger partial charge in [-0.05, 0) is 24.9 Å². The molecule has 0 amide bonds. The van der Waals surface area contributed by atoms with Crippen LogP contribution in [-0.4, -0.2) is 22.1 Å². The van der Waals surface area contributed by atoms with Crippen LogP contribution in [0.25, 0.3) is 0 Å². The fourth-order valence-electron chi connectivity index (χ4n) is 1.43. The molecule has 0 unspecified atom stereocenters. The lowest BCUT2D eigenvalue weighted by molar-refractivity contribution is 0.542. The Hall–Kier alpha value is -0.190. The monoisotopic (exact) mass is 335 g/mol. The van der Waals surface area contributed by atoms with Gasteiger partial charge in [-0.25, -0.2) is 22.0 Å². The summed E-state index contributed by atoms with van der Waals surface area (Å²) in [6.07, 6.45) is -2.57. The van der Waals surface area contributed by atoms with Crippen molar-refractivity contribution in [1.29, 1.82) is 0 Å². The molecule has 0 radical (unpaired) electrons. The average Bonchev–Trinajstić information content (AvgIpc) is 2.71. The number of hydrogen-bond donors (Lipinski definition) is 2. The zero-order valence-corrected chi connectivity index (χ0v) is 12.3. The molecule has 6 nitrogen and oxygen atoms in total. The molecule has 1 aromatic heterocycles. The Kier molecular flexibility index (Phi) is 3.05. The summed E-state index contributed by atoms with van der Waals surface area (Å²) in [6.45, 7) is 1.10. The summed E-state index contributed by atoms with van der Waals surface area (Å²) in [5, 5.41) is 3.37. The van der Waals surface area contributed by atoms with Gasteiger partial charge >= 0.3 is 0 Å². The molecule has 2 rings (SSSR count). The number of sulfone groups is 1. The molecule has 2 atom stereocenters. The fourth-order valence-corrected chi connectivity index (χ4v) is 5.47. The molecule has 0 bridgehead atoms. The molecule has 0 spiro atoms. The summed E-state index contributed by atoms with van der Waals surface area (Å²) in [5.74, 6) is 0. The number of hydrogen-bond acceptors (Lipinski definition) is 6. The van der Waals surface area contributed by atoms with Crippen molar-refractivity contribution >= 4 is 43.6 Å². The van der Waals surface area contributed by atoms with Crippen LogP contribution in [0.1, 0.15) is 29.0 Å². The van der Waals surface area contributed by atoms with Gasteiger partial charge in [0, 0.05) is 8.76 Å². The van der Waals surface area contributed by atoms with E-state index in [4.69, 9.17) is 15.0 Å². The van der Waals surface area contributed by atoms with Crippen LogP contribution >= 0.6 is 23.7 Å². The second-order valence-electron chi connectivity index (χ2n) is 3.56. The van der Waals surface area contributed by atoms with Crippen LogP contribution in [0, 0.1) is 0 Å². The molecule has 1 aliphatic rings. The van der Waals surface area contributed by atoms with E-state index in [0.717, 1.165) is 13.0 Å². The van der Waals surface area contributed by atoms with Crippen molar-refractivity contribution in [2.75, 3.05) is 0 Å². The Morgan fingerprint density at radius 1 is 1.61 bits per heavy atom. The highest BCUT2D eigenvalue weighted by molar-refractivity contribution is 7.95. The molecular formula is C8H13ClN2O4S3. The molecule has 1 aromatic rings. The number of halogens is 1. The minimum Gasteiger partial charge on any atom is -0.324 e. The van der Waals surface area contributed by atoms with Gasteiger partial charge in [0.25, 0.3) is 0 Å². The summed E-state index contributed by atoms with van der Waals surface area (Å²) in [4.78, 5) is 0. The van der Waals surface area contributed by atoms with Crippen LogP contribution in [0.15, 0.2) is 14.5 Å². The summed E-state index contributed by atoms with van der Waals surface area (Å²) < 4.78 is 69.8. The Balaban J connectivity index is 0.00000220. The summed E-state index contributed by atoms with van der Waals surface area (Å²) in [5.41, 5.74) is 5.25. The molecule has 0 aromatic carbocycles. The first-order valence-corrected chi connectivity index (χ1v) is 8.35. The van der Waals surface area contributed by atoms with Gasteiger partial charge in [0.1, 0.15) is 8.42 Å². The molecule has 18 heavy (non-hydrogen) atoms. The first-order valence-electron chi connectivity index (χ1n) is 5.94. The zero-order chi connectivity index (χ0) is 15.7. The summed E-state index contributed by atoms with van der Waals surface area (Å²) in [6, 6.07) is -1.52. The van der Waals surface area contributed by atoms with Crippen molar-refractivity contribution in [2.45, 2.75) is 33.0 Å². The van der Waals surface area contributed by atoms with Gasteiger partial charge in [-0.2, -0.15) is 0 Å². The lowest BCUT2D eigenvalue weighted by Gasteiger charge is -2.23. The van der Waals surface area contributed by atoms with Crippen molar-refractivity contribution < 1.29 is 20.9 Å². The minimum absolute atomic E-state index is 0. The van der Waals surface area contributed by atoms with Crippen molar-refractivity contribution in [3.05, 3.63) is 11.6 Å². The fraction of sp³-hybridized carbons (Fsp3) is 0.500. The predicted molar refractivity (Wildman–Crippen MR) is 71.1 cm³/mol. The number of thiophene rings is 1. The Morgan fingerprint density at radius 2 is 2.17 bits per heavy atom. The smallest absolute Gasteiger partial charge is 0.247 e. The maximum Gasteiger partial charge on any atom is 0.247 e. The van der Waals surface area contributed by atoms with Crippen LogP contribution in [0.3, 0.4) is 0 Å². The van der Waals surface area contributed by atoms with Gasteiger partial charge in [0.05, 0.1) is 6.62 Å². The van der Waals surface area contributed by atoms with Gasteiger partial charge in [-0.3, -0.25) is 0 Å². The van der Waals surface area contributed by atoms with Gasteiger partial charge in [-0.1, -0.05) is 0 Å². The van der Waals surface area contributed by atoms with Crippen molar-refractivity contribution in [3.8, 4) is 0 Å². The first kappa shape index (κ1) is 11.6. The zero-order valence-electron chi connectivity index (χ0n) is 12.1. The predicted octanol–water partition coefficient (Wildman–Crippen LogP) is 0.383. The number of fused-ring (bicyclic) bond motifs is 1. The molecule has 0 saturated carbocycles. The SMILES string of the molecule is Cl.[2H]C1([2H])[C@H](C)S(=O)(=O)c2sc(S(N)(=O)=O)cc2[C@@]1([2H])N. The van der Waals surface area contributed by atoms with E-state index in [9.17, 15) is 16.8 Å². The third-order valence-corrected chi connectivity index (χ3v) is 7.41. The number of nitrogens with two attached hydrogens (primary N) is 2. The van der Waals surface area contributed by atoms with Crippen molar-refractivity contribution in [2.24, 2.45) is 10.9 Å². The maximum atomic E-state index is 12.2. The Bertz CT molecular complexity index is 788. The topological polar surface area (TPSA) is 120 Å². The highest BCUT2D eigenvalue weighted by Gasteiger charge is 2.37. The third-order valence-electron chi connectivity index (χ3n) is 2.33. The van der Waals surface area contributed by atoms with Crippen molar-refractivity contribution in [3.63, 3.8) is 0 Å². The van der Waals surface area contributed by atoms with Crippen LogP contribution in [0.2, 0.25) is 0 Å². The lowest BCUT2D eigenvalue weighted by atomic mass is 10.1. The standard InChI is InChI=1S/C8H12N2O4S3.ClH/c1-4-2-6(9)5-3-7(17(10,13)14)15-8(5)16(4,11)12;/h3-4,6H,2,9H2,1H3,(H2,10,13,14);1H/t4-,6-;/m0./s1/i2D2,6D;. The van der Waals surface area contributed by atoms with E-state index in [1.54, 1.807) is 0 Å². The highest BCUT2D eigenvalue weighted by Crippen LogP contribution is 2.41. The van der Waals surface area contributed by atoms with Crippen LogP contribution in [-0.2, 0) is 19.9 Å². The average molecular weight is 336 g/mol. The van der Waals surface area contributed by atoms with E-state index in [-0.39, 0.29) is 18.0 Å². The number of primary sulfonamides is 1. The number of sulfonamides is 1. The van der Waals surface area contributed by atoms with Crippen LogP contribution in [0.4, 0.5) is 0 Å². The molecule has 4 N–H and O–H groups in total. The molecule has 0 saturated heterocycles. The van der Waals surface area contributed by atoms with E-state index in [2.05, 4.69) is 0 Å². The number of rotatable bonds is 1. The van der Waals surface area contributed by atoms with Crippen LogP contribution < -0.4 is 10.9 Å². The minimum atomic E-state index is -4.16. The van der Waals surface area contributed by atoms with E-state index in [1.807, 2.05) is 0 Å². The second-order valence-corrected chi connectivity index (χ2v) is 8.86. The van der Waals surface area contributed by atoms with E-state index in [0.29, 0.717) is 11.3 Å². The molecule has 104 valence electrons. The molecule has 10 heteroatoms. The first-order chi connectivity index (χ1) is 8.74. The van der Waals surface area contributed by atoms with Gasteiger partial charge in [0.15, 0.2) is 9.84 Å². The summed E-state index contributed by atoms with van der Waals surface area (Å²) in [7, 11) is -8.27. The second kappa shape index (κ2) is 4.73. The largest absolute Gasteiger partial charge is 0.324 e. The molecule has 0 fully saturated rings. The Morgan fingerprint density at radius 3 is 2.67 bits per heavy atom. The molecule has 2 heterocycles. The van der Waals surface area contributed by atoms with Gasteiger partial charge in [0.2, 0.25) is 10.0 Å². The van der Waals surface area contributed by atoms with E-state index >= 15 is 0 Å². The van der Waals surface area contributed by atoms with Gasteiger partial charge < -0.3 is 5.73 Å². The maximum absolute atomic E-state index is 12.2. The lowest BCUT2D eigenvalue weighted by Crippen LogP contribution is -2.29. The summed E-state index contributed by atoms with van der Waals surface area (Å²) >= 11 is 0.388. The third kappa shape index (κ3) is 2.43. The van der Waals surface area contributed by atoms with E-state index in [1.165, 1.54) is 0 Å². The molecular weight excluding hydrogens is 320 g/mol. The Labute approximate surface area is 120 Å².